The second-order valence-corrected chi connectivity index (χ2v) is 6.98. The summed E-state index contributed by atoms with van der Waals surface area (Å²) in [6, 6.07) is 3.69. The molecule has 1 unspecified atom stereocenters. The number of furan rings is 1. The Morgan fingerprint density at radius 1 is 1.33 bits per heavy atom. The van der Waals surface area contributed by atoms with E-state index < -0.39 is 0 Å². The van der Waals surface area contributed by atoms with Crippen molar-refractivity contribution >= 4 is 0 Å². The minimum atomic E-state index is 0.679. The quantitative estimate of drug-likeness (QED) is 0.836. The van der Waals surface area contributed by atoms with Gasteiger partial charge >= 0.3 is 0 Å². The van der Waals surface area contributed by atoms with Crippen LogP contribution in [0.5, 0.6) is 0 Å². The molecular weight excluding hydrogens is 262 g/mol. The Labute approximate surface area is 128 Å². The Bertz CT molecular complexity index is 465. The number of aryl methyl sites for hydroxylation is 1. The molecule has 1 aliphatic heterocycles. The maximum Gasteiger partial charge on any atom is 0.118 e. The first-order chi connectivity index (χ1) is 10.1. The van der Waals surface area contributed by atoms with Gasteiger partial charge in [-0.25, -0.2) is 0 Å². The molecule has 0 bridgehead atoms. The van der Waals surface area contributed by atoms with Gasteiger partial charge in [0.15, 0.2) is 0 Å². The molecule has 1 aromatic heterocycles. The van der Waals surface area contributed by atoms with E-state index in [1.54, 1.807) is 0 Å². The lowest BCUT2D eigenvalue weighted by molar-refractivity contribution is 0.188. The first kappa shape index (κ1) is 15.1. The van der Waals surface area contributed by atoms with Crippen LogP contribution in [0.2, 0.25) is 0 Å². The van der Waals surface area contributed by atoms with Gasteiger partial charge in [-0.15, -0.1) is 0 Å². The van der Waals surface area contributed by atoms with E-state index in [0.29, 0.717) is 6.04 Å². The van der Waals surface area contributed by atoms with Crippen molar-refractivity contribution in [1.82, 2.24) is 15.1 Å². The minimum absolute atomic E-state index is 0.679. The van der Waals surface area contributed by atoms with Gasteiger partial charge in [-0.05, 0) is 59.3 Å². The van der Waals surface area contributed by atoms with Crippen molar-refractivity contribution in [2.45, 2.75) is 57.8 Å². The molecule has 0 spiro atoms. The summed E-state index contributed by atoms with van der Waals surface area (Å²) < 4.78 is 5.99. The molecule has 2 aliphatic rings. The van der Waals surface area contributed by atoms with Gasteiger partial charge < -0.3 is 14.6 Å². The maximum atomic E-state index is 5.99. The molecule has 2 fully saturated rings. The number of hydrogen-bond acceptors (Lipinski definition) is 4. The summed E-state index contributed by atoms with van der Waals surface area (Å²) in [5.41, 5.74) is 1.33. The SMILES string of the molecule is Cc1oc(CN2CCCC2CN(C)C)cc1CNC1CC1. The molecular formula is C17H29N3O. The van der Waals surface area contributed by atoms with Crippen molar-refractivity contribution in [3.05, 3.63) is 23.2 Å². The molecule has 2 heterocycles. The summed E-state index contributed by atoms with van der Waals surface area (Å²) in [5, 5.41) is 3.58. The van der Waals surface area contributed by atoms with Crippen molar-refractivity contribution in [2.24, 2.45) is 0 Å². The largest absolute Gasteiger partial charge is 0.465 e. The molecule has 0 aromatic carbocycles. The van der Waals surface area contributed by atoms with Gasteiger partial charge in [0.05, 0.1) is 6.54 Å². The highest BCUT2D eigenvalue weighted by Crippen LogP contribution is 2.24. The Morgan fingerprint density at radius 3 is 2.86 bits per heavy atom. The molecule has 118 valence electrons. The van der Waals surface area contributed by atoms with Crippen LogP contribution in [0.25, 0.3) is 0 Å². The molecule has 1 N–H and O–H groups in total. The van der Waals surface area contributed by atoms with E-state index >= 15 is 0 Å². The van der Waals surface area contributed by atoms with E-state index in [2.05, 4.69) is 42.2 Å². The van der Waals surface area contributed by atoms with Crippen LogP contribution >= 0.6 is 0 Å². The standard InChI is InChI=1S/C17H29N3O/c1-13-14(10-18-15-6-7-15)9-17(21-13)12-20-8-4-5-16(20)11-19(2)3/h9,15-16,18H,4-8,10-12H2,1-3H3. The van der Waals surface area contributed by atoms with Gasteiger partial charge in [0.25, 0.3) is 0 Å². The molecule has 21 heavy (non-hydrogen) atoms. The molecule has 1 aliphatic carbocycles. The van der Waals surface area contributed by atoms with Crippen LogP contribution in [0.4, 0.5) is 0 Å². The predicted molar refractivity (Wildman–Crippen MR) is 85.3 cm³/mol. The lowest BCUT2D eigenvalue weighted by atomic mass is 10.2. The summed E-state index contributed by atoms with van der Waals surface area (Å²) in [7, 11) is 4.32. The Hall–Kier alpha value is -0.840. The molecule has 3 rings (SSSR count). The Kier molecular flexibility index (Phi) is 4.67. The molecule has 4 nitrogen and oxygen atoms in total. The normalized spacial score (nSPS) is 23.3. The van der Waals surface area contributed by atoms with Crippen LogP contribution in [0.1, 0.15) is 42.8 Å². The molecule has 4 heteroatoms. The zero-order chi connectivity index (χ0) is 14.8. The van der Waals surface area contributed by atoms with Crippen LogP contribution in [0.3, 0.4) is 0 Å². The fraction of sp³-hybridized carbons (Fsp3) is 0.765. The second kappa shape index (κ2) is 6.51. The van der Waals surface area contributed by atoms with Crippen molar-refractivity contribution in [3.63, 3.8) is 0 Å². The third kappa shape index (κ3) is 4.09. The fourth-order valence-corrected chi connectivity index (χ4v) is 3.31. The van der Waals surface area contributed by atoms with E-state index in [-0.39, 0.29) is 0 Å². The zero-order valence-electron chi connectivity index (χ0n) is 13.7. The average molecular weight is 291 g/mol. The van der Waals surface area contributed by atoms with Crippen molar-refractivity contribution in [2.75, 3.05) is 27.2 Å². The molecule has 0 radical (unpaired) electrons. The van der Waals surface area contributed by atoms with Crippen molar-refractivity contribution < 1.29 is 4.42 Å². The smallest absolute Gasteiger partial charge is 0.118 e. The van der Waals surface area contributed by atoms with E-state index in [1.165, 1.54) is 37.8 Å². The molecule has 1 saturated carbocycles. The lowest BCUT2D eigenvalue weighted by Crippen LogP contribution is -2.36. The number of likely N-dealkylation sites (N-methyl/N-ethyl adjacent to an activating group) is 1. The van der Waals surface area contributed by atoms with E-state index in [0.717, 1.165) is 37.2 Å². The van der Waals surface area contributed by atoms with Gasteiger partial charge in [0.2, 0.25) is 0 Å². The Morgan fingerprint density at radius 2 is 2.14 bits per heavy atom. The summed E-state index contributed by atoms with van der Waals surface area (Å²) >= 11 is 0. The average Bonchev–Trinajstić information content (AvgIpc) is 3.06. The lowest BCUT2D eigenvalue weighted by Gasteiger charge is -2.26. The van der Waals surface area contributed by atoms with Gasteiger partial charge in [-0.3, -0.25) is 4.90 Å². The monoisotopic (exact) mass is 291 g/mol. The van der Waals surface area contributed by atoms with Crippen LogP contribution in [-0.2, 0) is 13.1 Å². The van der Waals surface area contributed by atoms with Crippen LogP contribution in [0.15, 0.2) is 10.5 Å². The van der Waals surface area contributed by atoms with E-state index in [1.807, 2.05) is 0 Å². The fourth-order valence-electron chi connectivity index (χ4n) is 3.31. The van der Waals surface area contributed by atoms with E-state index in [4.69, 9.17) is 4.42 Å². The first-order valence-electron chi connectivity index (χ1n) is 8.32. The van der Waals surface area contributed by atoms with Crippen molar-refractivity contribution in [1.29, 1.82) is 0 Å². The van der Waals surface area contributed by atoms with Crippen LogP contribution in [0, 0.1) is 6.92 Å². The summed E-state index contributed by atoms with van der Waals surface area (Å²) in [4.78, 5) is 4.87. The number of nitrogens with zero attached hydrogens (tertiary/aromatic N) is 2. The number of likely N-dealkylation sites (tertiary alicyclic amines) is 1. The number of rotatable bonds is 7. The second-order valence-electron chi connectivity index (χ2n) is 6.98. The zero-order valence-corrected chi connectivity index (χ0v) is 13.7. The highest BCUT2D eigenvalue weighted by molar-refractivity contribution is 5.21. The number of hydrogen-bond donors (Lipinski definition) is 1. The third-order valence-electron chi connectivity index (χ3n) is 4.66. The van der Waals surface area contributed by atoms with Gasteiger partial charge in [-0.1, -0.05) is 0 Å². The molecule has 0 amide bonds. The highest BCUT2D eigenvalue weighted by Gasteiger charge is 2.26. The van der Waals surface area contributed by atoms with Gasteiger partial charge in [0.1, 0.15) is 11.5 Å². The minimum Gasteiger partial charge on any atom is -0.465 e. The molecule has 1 atom stereocenters. The maximum absolute atomic E-state index is 5.99. The summed E-state index contributed by atoms with van der Waals surface area (Å²) in [5.74, 6) is 2.22. The van der Waals surface area contributed by atoms with Crippen LogP contribution in [-0.4, -0.2) is 49.1 Å². The third-order valence-corrected chi connectivity index (χ3v) is 4.66. The molecule has 1 aromatic rings. The topological polar surface area (TPSA) is 31.7 Å². The Balaban J connectivity index is 1.57. The van der Waals surface area contributed by atoms with Crippen LogP contribution < -0.4 is 5.32 Å². The number of nitrogens with one attached hydrogen (secondary N) is 1. The summed E-state index contributed by atoms with van der Waals surface area (Å²) in [6.45, 7) is 6.36. The van der Waals surface area contributed by atoms with Crippen molar-refractivity contribution in [3.8, 4) is 0 Å². The van der Waals surface area contributed by atoms with E-state index in [9.17, 15) is 0 Å². The van der Waals surface area contributed by atoms with Gasteiger partial charge in [0, 0.05) is 30.7 Å². The highest BCUT2D eigenvalue weighted by atomic mass is 16.3. The summed E-state index contributed by atoms with van der Waals surface area (Å²) in [6.07, 6.45) is 5.30. The predicted octanol–water partition coefficient (Wildman–Crippen LogP) is 2.37. The van der Waals surface area contributed by atoms with Gasteiger partial charge in [-0.2, -0.15) is 0 Å². The molecule has 1 saturated heterocycles. The first-order valence-corrected chi connectivity index (χ1v) is 8.32.